The topological polar surface area (TPSA) is 26.3 Å². The molecule has 0 saturated carbocycles. The van der Waals surface area contributed by atoms with E-state index in [9.17, 15) is 4.79 Å². The van der Waals surface area contributed by atoms with Crippen LogP contribution in [-0.4, -0.2) is 16.5 Å². The molecule has 0 aromatic carbocycles. The van der Waals surface area contributed by atoms with Crippen molar-refractivity contribution in [2.24, 2.45) is 5.41 Å². The van der Waals surface area contributed by atoms with Crippen LogP contribution in [0.25, 0.3) is 0 Å². The van der Waals surface area contributed by atoms with Crippen molar-refractivity contribution < 1.29 is 40.2 Å². The van der Waals surface area contributed by atoms with Crippen molar-refractivity contribution in [3.63, 3.8) is 0 Å². The van der Waals surface area contributed by atoms with Gasteiger partial charge in [0.1, 0.15) is 0 Å². The van der Waals surface area contributed by atoms with E-state index < -0.39 is 0 Å². The molecule has 0 amide bonds. The maximum absolute atomic E-state index is 10.6. The molecular formula is C6H15NaO2Si. The monoisotopic (exact) mass is 170 g/mol. The Morgan fingerprint density at radius 3 is 2.10 bits per heavy atom. The Balaban J connectivity index is -0.000000320. The van der Waals surface area contributed by atoms with Crippen LogP contribution in [0.3, 0.4) is 0 Å². The Labute approximate surface area is 89.0 Å². The van der Waals surface area contributed by atoms with Gasteiger partial charge in [-0.05, 0) is 5.41 Å². The SMILES string of the molecule is CC(C)(C)CC(=O)O[SiH3].[H-].[Na+]. The van der Waals surface area contributed by atoms with Crippen molar-refractivity contribution in [3.8, 4) is 0 Å². The van der Waals surface area contributed by atoms with E-state index in [0.717, 1.165) is 0 Å². The van der Waals surface area contributed by atoms with Gasteiger partial charge in [-0.3, -0.25) is 4.79 Å². The minimum Gasteiger partial charge on any atom is -1.00 e. The van der Waals surface area contributed by atoms with Gasteiger partial charge in [0.05, 0.1) is 0 Å². The number of hydrogen-bond donors (Lipinski definition) is 0. The van der Waals surface area contributed by atoms with Crippen molar-refractivity contribution in [2.45, 2.75) is 27.2 Å². The summed E-state index contributed by atoms with van der Waals surface area (Å²) in [4.78, 5) is 10.6. The largest absolute Gasteiger partial charge is 1.00 e. The van der Waals surface area contributed by atoms with Crippen LogP contribution in [0.1, 0.15) is 28.6 Å². The van der Waals surface area contributed by atoms with Crippen LogP contribution >= 0.6 is 0 Å². The molecule has 0 spiro atoms. The first-order valence-corrected chi connectivity index (χ1v) is 3.84. The van der Waals surface area contributed by atoms with Crippen molar-refractivity contribution >= 4 is 16.5 Å². The maximum atomic E-state index is 10.6. The fourth-order valence-corrected chi connectivity index (χ4v) is 0.650. The Bertz CT molecular complexity index is 114. The molecule has 0 aromatic heterocycles. The van der Waals surface area contributed by atoms with Gasteiger partial charge in [0, 0.05) is 6.42 Å². The molecule has 0 radical (unpaired) electrons. The second-order valence-electron chi connectivity index (χ2n) is 3.31. The zero-order chi connectivity index (χ0) is 7.49. The maximum Gasteiger partial charge on any atom is 1.00 e. The molecule has 0 bridgehead atoms. The predicted octanol–water partition coefficient (Wildman–Crippen LogP) is -2.64. The summed E-state index contributed by atoms with van der Waals surface area (Å²) in [5, 5.41) is 0. The van der Waals surface area contributed by atoms with Gasteiger partial charge in [0.2, 0.25) is 10.5 Å². The summed E-state index contributed by atoms with van der Waals surface area (Å²) in [5.41, 5.74) is 0.0709. The average Bonchev–Trinajstić information content (AvgIpc) is 1.62. The third-order valence-electron chi connectivity index (χ3n) is 0.902. The van der Waals surface area contributed by atoms with E-state index in [0.29, 0.717) is 16.9 Å². The summed E-state index contributed by atoms with van der Waals surface area (Å²) >= 11 is 0. The smallest absolute Gasteiger partial charge is 1.00 e. The van der Waals surface area contributed by atoms with Crippen molar-refractivity contribution in [1.82, 2.24) is 0 Å². The van der Waals surface area contributed by atoms with Gasteiger partial charge in [-0.25, -0.2) is 0 Å². The summed E-state index contributed by atoms with van der Waals surface area (Å²) in [6.07, 6.45) is 0.524. The van der Waals surface area contributed by atoms with Crippen LogP contribution in [0.4, 0.5) is 0 Å². The van der Waals surface area contributed by atoms with E-state index in [1.807, 2.05) is 20.8 Å². The van der Waals surface area contributed by atoms with Crippen LogP contribution < -0.4 is 29.6 Å². The van der Waals surface area contributed by atoms with Gasteiger partial charge < -0.3 is 5.85 Å². The van der Waals surface area contributed by atoms with Gasteiger partial charge in [-0.2, -0.15) is 0 Å². The van der Waals surface area contributed by atoms with Crippen molar-refractivity contribution in [3.05, 3.63) is 0 Å². The molecular weight excluding hydrogens is 155 g/mol. The zero-order valence-electron chi connectivity index (χ0n) is 8.52. The van der Waals surface area contributed by atoms with Crippen LogP contribution in [0, 0.1) is 5.41 Å². The third kappa shape index (κ3) is 8.69. The molecule has 0 unspecified atom stereocenters. The summed E-state index contributed by atoms with van der Waals surface area (Å²) in [7, 11) is 0.517. The van der Waals surface area contributed by atoms with Gasteiger partial charge in [0.15, 0.2) is 0 Å². The Kier molecular flexibility index (Phi) is 7.11. The average molecular weight is 170 g/mol. The minimum atomic E-state index is -0.0748. The molecule has 56 valence electrons. The molecule has 4 heteroatoms. The molecule has 2 nitrogen and oxygen atoms in total. The molecule has 0 aliphatic carbocycles. The number of carbonyl (C=O) groups excluding carboxylic acids is 1. The molecule has 0 N–H and O–H groups in total. The zero-order valence-corrected chi connectivity index (χ0v) is 11.5. The standard InChI is InChI=1S/C6H14O2Si.Na.H/c1-6(2,3)4-5(7)8-9;;/h4H2,1-3,9H3;;/q;+1;-1. The van der Waals surface area contributed by atoms with E-state index >= 15 is 0 Å². The van der Waals surface area contributed by atoms with E-state index in [4.69, 9.17) is 0 Å². The van der Waals surface area contributed by atoms with Crippen molar-refractivity contribution in [1.29, 1.82) is 0 Å². The second kappa shape index (κ2) is 5.35. The van der Waals surface area contributed by atoms with E-state index in [1.165, 1.54) is 0 Å². The van der Waals surface area contributed by atoms with Crippen LogP contribution in [0.15, 0.2) is 0 Å². The second-order valence-corrected chi connectivity index (χ2v) is 3.72. The normalized spacial score (nSPS) is 10.3. The molecule has 0 rings (SSSR count). The first-order valence-electron chi connectivity index (χ1n) is 3.02. The molecule has 0 aliphatic heterocycles. The molecule has 0 saturated heterocycles. The Morgan fingerprint density at radius 2 is 2.00 bits per heavy atom. The Hall–Kier alpha value is 0.687. The van der Waals surface area contributed by atoms with Gasteiger partial charge in [-0.15, -0.1) is 0 Å². The molecule has 10 heavy (non-hydrogen) atoms. The third-order valence-corrected chi connectivity index (χ3v) is 1.36. The fourth-order valence-electron chi connectivity index (χ4n) is 0.505. The minimum absolute atomic E-state index is 0. The van der Waals surface area contributed by atoms with Gasteiger partial charge in [-0.1, -0.05) is 20.8 Å². The first kappa shape index (κ1) is 13.3. The van der Waals surface area contributed by atoms with E-state index in [-0.39, 0.29) is 42.4 Å². The molecule has 0 heterocycles. The van der Waals surface area contributed by atoms with Gasteiger partial charge >= 0.3 is 29.6 Å². The summed E-state index contributed by atoms with van der Waals surface area (Å²) in [6, 6.07) is 0. The molecule has 0 fully saturated rings. The summed E-state index contributed by atoms with van der Waals surface area (Å²) in [6.45, 7) is 6.06. The van der Waals surface area contributed by atoms with E-state index in [2.05, 4.69) is 4.43 Å². The fraction of sp³-hybridized carbons (Fsp3) is 0.833. The first-order chi connectivity index (χ1) is 3.95. The van der Waals surface area contributed by atoms with Gasteiger partial charge in [0.25, 0.3) is 5.97 Å². The van der Waals surface area contributed by atoms with Crippen LogP contribution in [-0.2, 0) is 9.22 Å². The van der Waals surface area contributed by atoms with Crippen LogP contribution in [0.2, 0.25) is 0 Å². The quantitative estimate of drug-likeness (QED) is 0.402. The number of hydrogen-bond acceptors (Lipinski definition) is 2. The number of rotatable bonds is 1. The van der Waals surface area contributed by atoms with E-state index in [1.54, 1.807) is 0 Å². The molecule has 0 atom stereocenters. The molecule has 0 aromatic rings. The summed E-state index contributed by atoms with van der Waals surface area (Å²) < 4.78 is 4.63. The predicted molar refractivity (Wildman–Crippen MR) is 41.2 cm³/mol. The molecule has 0 aliphatic rings. The van der Waals surface area contributed by atoms with Crippen LogP contribution in [0.5, 0.6) is 0 Å². The van der Waals surface area contributed by atoms with Crippen molar-refractivity contribution in [2.75, 3.05) is 0 Å². The summed E-state index contributed by atoms with van der Waals surface area (Å²) in [5.74, 6) is -0.0748. The number of carbonyl (C=O) groups is 1. The Morgan fingerprint density at radius 1 is 1.60 bits per heavy atom.